The van der Waals surface area contributed by atoms with E-state index in [9.17, 15) is 13.6 Å². The molecule has 0 amide bonds. The number of anilines is 2. The predicted octanol–water partition coefficient (Wildman–Crippen LogP) is 5.75. The molecule has 0 saturated carbocycles. The number of thiophene rings is 1. The molecule has 7 nitrogen and oxygen atoms in total. The van der Waals surface area contributed by atoms with Gasteiger partial charge in [0.25, 0.3) is 12.0 Å². The van der Waals surface area contributed by atoms with Gasteiger partial charge in [0, 0.05) is 22.8 Å². The highest BCUT2D eigenvalue weighted by Gasteiger charge is 2.21. The van der Waals surface area contributed by atoms with E-state index in [0.717, 1.165) is 27.0 Å². The SMILES string of the molecule is COc1cc(Nc2cc(C(F)F)nn([C@@H](C)c3ccc(Cl)s3)c2=O)ccc1-n1cnc(C)c1. The number of methoxy groups -OCH3 is 1. The van der Waals surface area contributed by atoms with Gasteiger partial charge in [-0.05, 0) is 44.2 Å². The van der Waals surface area contributed by atoms with Crippen LogP contribution in [0.5, 0.6) is 5.75 Å². The van der Waals surface area contributed by atoms with Crippen LogP contribution in [0.3, 0.4) is 0 Å². The van der Waals surface area contributed by atoms with Crippen molar-refractivity contribution in [2.45, 2.75) is 26.3 Å². The van der Waals surface area contributed by atoms with Crippen molar-refractivity contribution in [3.63, 3.8) is 0 Å². The summed E-state index contributed by atoms with van der Waals surface area (Å²) in [4.78, 5) is 18.1. The molecule has 0 aliphatic carbocycles. The predicted molar refractivity (Wildman–Crippen MR) is 125 cm³/mol. The summed E-state index contributed by atoms with van der Waals surface area (Å²) >= 11 is 7.26. The topological polar surface area (TPSA) is 74.0 Å². The van der Waals surface area contributed by atoms with Crippen LogP contribution in [0.1, 0.15) is 35.7 Å². The Kier molecular flexibility index (Phi) is 6.48. The average Bonchev–Trinajstić information content (AvgIpc) is 3.42. The molecular weight excluding hydrogens is 472 g/mol. The Labute approximate surface area is 197 Å². The minimum atomic E-state index is -2.85. The number of hydrogen-bond donors (Lipinski definition) is 1. The number of imidazole rings is 1. The first-order chi connectivity index (χ1) is 15.8. The molecule has 11 heteroatoms. The number of nitrogens with one attached hydrogen (secondary N) is 1. The second-order valence-corrected chi connectivity index (χ2v) is 9.03. The Hall–Kier alpha value is -3.24. The van der Waals surface area contributed by atoms with Gasteiger partial charge in [0.1, 0.15) is 17.1 Å². The fraction of sp³-hybridized carbons (Fsp3) is 0.227. The van der Waals surface area contributed by atoms with Crippen LogP contribution in [0.2, 0.25) is 4.34 Å². The molecule has 0 unspecified atom stereocenters. The fourth-order valence-corrected chi connectivity index (χ4v) is 4.44. The van der Waals surface area contributed by atoms with Crippen LogP contribution in [-0.4, -0.2) is 26.4 Å². The van der Waals surface area contributed by atoms with Gasteiger partial charge in [-0.3, -0.25) is 4.79 Å². The molecule has 1 atom stereocenters. The highest BCUT2D eigenvalue weighted by Crippen LogP contribution is 2.31. The molecule has 0 saturated heterocycles. The molecule has 0 fully saturated rings. The zero-order valence-corrected chi connectivity index (χ0v) is 19.5. The summed E-state index contributed by atoms with van der Waals surface area (Å²) in [6, 6.07) is 9.12. The first-order valence-electron chi connectivity index (χ1n) is 9.90. The van der Waals surface area contributed by atoms with Crippen molar-refractivity contribution in [1.82, 2.24) is 19.3 Å². The van der Waals surface area contributed by atoms with E-state index in [1.165, 1.54) is 18.4 Å². The monoisotopic (exact) mass is 491 g/mol. The number of ether oxygens (including phenoxy) is 1. The summed E-state index contributed by atoms with van der Waals surface area (Å²) in [6.07, 6.45) is 0.659. The van der Waals surface area contributed by atoms with Crippen LogP contribution in [0, 0.1) is 6.92 Å². The summed E-state index contributed by atoms with van der Waals surface area (Å²) in [7, 11) is 1.52. The molecule has 1 N–H and O–H groups in total. The van der Waals surface area contributed by atoms with E-state index in [2.05, 4.69) is 15.4 Å². The van der Waals surface area contributed by atoms with Crippen molar-refractivity contribution in [2.24, 2.45) is 0 Å². The quantitative estimate of drug-likeness (QED) is 0.356. The number of hydrogen-bond acceptors (Lipinski definition) is 6. The van der Waals surface area contributed by atoms with Gasteiger partial charge < -0.3 is 14.6 Å². The van der Waals surface area contributed by atoms with Gasteiger partial charge in [-0.1, -0.05) is 11.6 Å². The van der Waals surface area contributed by atoms with Crippen molar-refractivity contribution in [1.29, 1.82) is 0 Å². The van der Waals surface area contributed by atoms with Crippen LogP contribution in [0.4, 0.5) is 20.2 Å². The zero-order chi connectivity index (χ0) is 23.7. The number of alkyl halides is 2. The molecule has 4 rings (SSSR count). The molecule has 33 heavy (non-hydrogen) atoms. The highest BCUT2D eigenvalue weighted by molar-refractivity contribution is 7.16. The number of nitrogens with zero attached hydrogens (tertiary/aromatic N) is 4. The average molecular weight is 492 g/mol. The molecule has 1 aromatic carbocycles. The minimum absolute atomic E-state index is 0.0249. The van der Waals surface area contributed by atoms with Crippen molar-refractivity contribution >= 4 is 34.3 Å². The number of rotatable bonds is 7. The first kappa shape index (κ1) is 22.9. The third-order valence-corrected chi connectivity index (χ3v) is 6.40. The van der Waals surface area contributed by atoms with Crippen LogP contribution in [0.25, 0.3) is 5.69 Å². The zero-order valence-electron chi connectivity index (χ0n) is 17.9. The molecule has 0 radical (unpaired) electrons. The second-order valence-electron chi connectivity index (χ2n) is 7.29. The molecule has 0 spiro atoms. The van der Waals surface area contributed by atoms with E-state index in [-0.39, 0.29) is 5.69 Å². The van der Waals surface area contributed by atoms with Gasteiger partial charge >= 0.3 is 0 Å². The van der Waals surface area contributed by atoms with E-state index >= 15 is 0 Å². The molecule has 3 aromatic heterocycles. The third kappa shape index (κ3) is 4.76. The van der Waals surface area contributed by atoms with Gasteiger partial charge in [0.15, 0.2) is 0 Å². The highest BCUT2D eigenvalue weighted by atomic mass is 35.5. The van der Waals surface area contributed by atoms with Crippen molar-refractivity contribution in [3.05, 3.63) is 79.9 Å². The van der Waals surface area contributed by atoms with E-state index < -0.39 is 23.7 Å². The molecule has 0 aliphatic rings. The number of aromatic nitrogens is 4. The van der Waals surface area contributed by atoms with E-state index in [1.54, 1.807) is 48.1 Å². The Morgan fingerprint density at radius 3 is 2.61 bits per heavy atom. The van der Waals surface area contributed by atoms with E-state index in [4.69, 9.17) is 16.3 Å². The summed E-state index contributed by atoms with van der Waals surface area (Å²) in [5, 5.41) is 6.84. The van der Waals surface area contributed by atoms with Crippen molar-refractivity contribution < 1.29 is 13.5 Å². The number of benzene rings is 1. The second kappa shape index (κ2) is 9.32. The van der Waals surface area contributed by atoms with Crippen LogP contribution in [0.15, 0.2) is 53.7 Å². The Bertz CT molecular complexity index is 1350. The molecule has 0 bridgehead atoms. The molecule has 4 aromatic rings. The fourth-order valence-electron chi connectivity index (χ4n) is 3.34. The normalized spacial score (nSPS) is 12.2. The maximum Gasteiger partial charge on any atom is 0.291 e. The van der Waals surface area contributed by atoms with Gasteiger partial charge in [0.2, 0.25) is 0 Å². The van der Waals surface area contributed by atoms with Crippen LogP contribution in [-0.2, 0) is 0 Å². The number of halogens is 3. The smallest absolute Gasteiger partial charge is 0.291 e. The van der Waals surface area contributed by atoms with Gasteiger partial charge in [-0.2, -0.15) is 5.10 Å². The first-order valence-corrected chi connectivity index (χ1v) is 11.1. The molecule has 172 valence electrons. The van der Waals surface area contributed by atoms with Crippen LogP contribution >= 0.6 is 22.9 Å². The molecule has 3 heterocycles. The Morgan fingerprint density at radius 2 is 2.00 bits per heavy atom. The third-order valence-electron chi connectivity index (χ3n) is 5.00. The maximum atomic E-state index is 13.6. The Balaban J connectivity index is 1.73. The lowest BCUT2D eigenvalue weighted by atomic mass is 10.2. The maximum absolute atomic E-state index is 13.6. The van der Waals surface area contributed by atoms with E-state index in [0.29, 0.717) is 15.8 Å². The number of aryl methyl sites for hydroxylation is 1. The molecular formula is C22H20ClF2N5O2S. The summed E-state index contributed by atoms with van der Waals surface area (Å²) in [6.45, 7) is 3.58. The van der Waals surface area contributed by atoms with Gasteiger partial charge in [0.05, 0.1) is 35.2 Å². The van der Waals surface area contributed by atoms with Gasteiger partial charge in [-0.25, -0.2) is 18.4 Å². The Morgan fingerprint density at radius 1 is 1.21 bits per heavy atom. The van der Waals surface area contributed by atoms with Gasteiger partial charge in [-0.15, -0.1) is 11.3 Å². The van der Waals surface area contributed by atoms with E-state index in [1.807, 2.05) is 13.1 Å². The minimum Gasteiger partial charge on any atom is -0.494 e. The lowest BCUT2D eigenvalue weighted by molar-refractivity contribution is 0.142. The standard InChI is InChI=1S/C22H20ClF2N5O2S/c1-12-10-29(11-26-12)17-5-4-14(8-18(17)32-3)27-16-9-15(21(24)25)28-30(22(16)31)13(2)19-6-7-20(23)33-19/h4-11,13,21,27H,1-3H3/t13-/m0/s1. The largest absolute Gasteiger partial charge is 0.494 e. The summed E-state index contributed by atoms with van der Waals surface area (Å²) < 4.78 is 36.0. The van der Waals surface area contributed by atoms with Crippen molar-refractivity contribution in [2.75, 3.05) is 12.4 Å². The summed E-state index contributed by atoms with van der Waals surface area (Å²) in [5.41, 5.74) is 1.01. The van der Waals surface area contributed by atoms with Crippen molar-refractivity contribution in [3.8, 4) is 11.4 Å². The van der Waals surface area contributed by atoms with Crippen LogP contribution < -0.4 is 15.6 Å². The lowest BCUT2D eigenvalue weighted by Crippen LogP contribution is -2.29. The lowest BCUT2D eigenvalue weighted by Gasteiger charge is -2.17. The summed E-state index contributed by atoms with van der Waals surface area (Å²) in [5.74, 6) is 0.516. The molecule has 0 aliphatic heterocycles.